The second kappa shape index (κ2) is 7.05. The van der Waals surface area contributed by atoms with Crippen LogP contribution in [-0.4, -0.2) is 22.9 Å². The molecule has 2 aromatic rings. The second-order valence-corrected chi connectivity index (χ2v) is 4.63. The van der Waals surface area contributed by atoms with E-state index in [-0.39, 0.29) is 6.61 Å². The van der Waals surface area contributed by atoms with Gasteiger partial charge in [-0.05, 0) is 23.3 Å². The summed E-state index contributed by atoms with van der Waals surface area (Å²) in [5, 5.41) is 18.8. The van der Waals surface area contributed by atoms with Crippen LogP contribution in [0, 0.1) is 0 Å². The maximum atomic E-state index is 9.86. The van der Waals surface area contributed by atoms with Gasteiger partial charge in [-0.15, -0.1) is 0 Å². The summed E-state index contributed by atoms with van der Waals surface area (Å²) in [6.45, 7) is 0.242. The first-order valence-corrected chi connectivity index (χ1v) is 6.52. The Hall–Kier alpha value is -1.88. The zero-order valence-corrected chi connectivity index (χ0v) is 11.1. The van der Waals surface area contributed by atoms with Crippen LogP contribution in [0.4, 0.5) is 0 Å². The molecule has 0 radical (unpaired) electrons. The van der Waals surface area contributed by atoms with Crippen LogP contribution in [0.5, 0.6) is 5.75 Å². The van der Waals surface area contributed by atoms with Crippen LogP contribution in [0.15, 0.2) is 54.6 Å². The second-order valence-electron chi connectivity index (χ2n) is 4.63. The number of ether oxygens (including phenoxy) is 1. The summed E-state index contributed by atoms with van der Waals surface area (Å²) in [4.78, 5) is 0. The molecule has 106 valence electrons. The first-order valence-electron chi connectivity index (χ1n) is 6.52. The highest BCUT2D eigenvalue weighted by atomic mass is 16.5. The molecule has 4 nitrogen and oxygen atoms in total. The van der Waals surface area contributed by atoms with Crippen molar-refractivity contribution in [2.75, 3.05) is 6.61 Å². The molecule has 0 aliphatic carbocycles. The molecule has 2 rings (SSSR count). The average Bonchev–Trinajstić information content (AvgIpc) is 2.53. The Bertz CT molecular complexity index is 513. The monoisotopic (exact) mass is 273 g/mol. The van der Waals surface area contributed by atoms with Crippen LogP contribution >= 0.6 is 0 Å². The lowest BCUT2D eigenvalue weighted by molar-refractivity contribution is 0.109. The summed E-state index contributed by atoms with van der Waals surface area (Å²) in [6.07, 6.45) is -0.872. The lowest BCUT2D eigenvalue weighted by atomic mass is 10.0. The molecule has 0 aromatic heterocycles. The fourth-order valence-corrected chi connectivity index (χ4v) is 1.85. The van der Waals surface area contributed by atoms with Crippen LogP contribution < -0.4 is 10.5 Å². The van der Waals surface area contributed by atoms with Gasteiger partial charge in [0.25, 0.3) is 0 Å². The van der Waals surface area contributed by atoms with Gasteiger partial charge in [-0.2, -0.15) is 0 Å². The van der Waals surface area contributed by atoms with E-state index in [2.05, 4.69) is 0 Å². The molecule has 0 aliphatic rings. The van der Waals surface area contributed by atoms with E-state index in [1.54, 1.807) is 24.3 Å². The molecule has 0 fully saturated rings. The molecule has 0 spiro atoms. The third-order valence-electron chi connectivity index (χ3n) is 3.09. The largest absolute Gasteiger partial charge is 0.489 e. The lowest BCUT2D eigenvalue weighted by Crippen LogP contribution is -2.31. The maximum absolute atomic E-state index is 9.86. The van der Waals surface area contributed by atoms with Crippen molar-refractivity contribution >= 4 is 0 Å². The van der Waals surface area contributed by atoms with Gasteiger partial charge in [0.15, 0.2) is 0 Å². The zero-order chi connectivity index (χ0) is 14.4. The minimum Gasteiger partial charge on any atom is -0.489 e. The quantitative estimate of drug-likeness (QED) is 0.747. The van der Waals surface area contributed by atoms with Gasteiger partial charge in [0.05, 0.1) is 18.8 Å². The van der Waals surface area contributed by atoms with Crippen LogP contribution in [-0.2, 0) is 6.61 Å². The van der Waals surface area contributed by atoms with Gasteiger partial charge in [-0.1, -0.05) is 42.5 Å². The Morgan fingerprint density at radius 1 is 1.00 bits per heavy atom. The molecule has 0 amide bonds. The summed E-state index contributed by atoms with van der Waals surface area (Å²) in [5.41, 5.74) is 7.35. The number of aliphatic hydroxyl groups excluding tert-OH is 2. The predicted octanol–water partition coefficient (Wildman–Crippen LogP) is 1.62. The normalized spacial score (nSPS) is 13.8. The summed E-state index contributed by atoms with van der Waals surface area (Å²) in [6, 6.07) is 16.3. The number of nitrogens with two attached hydrogens (primary N) is 1. The predicted molar refractivity (Wildman–Crippen MR) is 77.2 cm³/mol. The number of hydrogen-bond acceptors (Lipinski definition) is 4. The van der Waals surface area contributed by atoms with E-state index >= 15 is 0 Å². The Balaban J connectivity index is 1.95. The molecule has 4 N–H and O–H groups in total. The first kappa shape index (κ1) is 14.5. The van der Waals surface area contributed by atoms with E-state index in [1.807, 2.05) is 30.3 Å². The van der Waals surface area contributed by atoms with E-state index in [0.29, 0.717) is 12.2 Å². The highest BCUT2D eigenvalue weighted by Crippen LogP contribution is 2.20. The molecule has 0 saturated carbocycles. The Morgan fingerprint density at radius 3 is 2.25 bits per heavy atom. The van der Waals surface area contributed by atoms with Crippen LogP contribution in [0.1, 0.15) is 17.2 Å². The number of benzene rings is 2. The SMILES string of the molecule is NC(CO)C(O)c1ccc(OCc2ccccc2)cc1. The number of rotatable bonds is 6. The number of hydrogen-bond donors (Lipinski definition) is 3. The van der Waals surface area contributed by atoms with Gasteiger partial charge >= 0.3 is 0 Å². The van der Waals surface area contributed by atoms with Gasteiger partial charge < -0.3 is 20.7 Å². The van der Waals surface area contributed by atoms with E-state index < -0.39 is 12.1 Å². The molecule has 2 atom stereocenters. The zero-order valence-electron chi connectivity index (χ0n) is 11.1. The van der Waals surface area contributed by atoms with Crippen molar-refractivity contribution in [3.05, 3.63) is 65.7 Å². The molecule has 20 heavy (non-hydrogen) atoms. The first-order chi connectivity index (χ1) is 9.70. The van der Waals surface area contributed by atoms with Gasteiger partial charge in [-0.25, -0.2) is 0 Å². The van der Waals surface area contributed by atoms with E-state index in [1.165, 1.54) is 0 Å². The van der Waals surface area contributed by atoms with Crippen molar-refractivity contribution in [2.24, 2.45) is 5.73 Å². The van der Waals surface area contributed by atoms with Gasteiger partial charge in [-0.3, -0.25) is 0 Å². The van der Waals surface area contributed by atoms with Crippen molar-refractivity contribution < 1.29 is 14.9 Å². The van der Waals surface area contributed by atoms with Crippen molar-refractivity contribution in [3.63, 3.8) is 0 Å². The highest BCUT2D eigenvalue weighted by molar-refractivity contribution is 5.29. The van der Waals surface area contributed by atoms with Crippen molar-refractivity contribution in [3.8, 4) is 5.75 Å². The van der Waals surface area contributed by atoms with Crippen LogP contribution in [0.3, 0.4) is 0 Å². The topological polar surface area (TPSA) is 75.7 Å². The fourth-order valence-electron chi connectivity index (χ4n) is 1.85. The Morgan fingerprint density at radius 2 is 1.65 bits per heavy atom. The Kier molecular flexibility index (Phi) is 5.12. The molecular weight excluding hydrogens is 254 g/mol. The summed E-state index contributed by atoms with van der Waals surface area (Å²) < 4.78 is 5.65. The molecular formula is C16H19NO3. The minimum atomic E-state index is -0.872. The van der Waals surface area contributed by atoms with Crippen molar-refractivity contribution in [2.45, 2.75) is 18.8 Å². The molecule has 0 aliphatic heterocycles. The van der Waals surface area contributed by atoms with E-state index in [0.717, 1.165) is 11.3 Å². The Labute approximate surface area is 118 Å². The fraction of sp³-hybridized carbons (Fsp3) is 0.250. The van der Waals surface area contributed by atoms with Crippen LogP contribution in [0.25, 0.3) is 0 Å². The van der Waals surface area contributed by atoms with Gasteiger partial charge in [0.1, 0.15) is 12.4 Å². The van der Waals surface area contributed by atoms with E-state index in [4.69, 9.17) is 15.6 Å². The third kappa shape index (κ3) is 3.81. The highest BCUT2D eigenvalue weighted by Gasteiger charge is 2.15. The minimum absolute atomic E-state index is 0.257. The van der Waals surface area contributed by atoms with Gasteiger partial charge in [0, 0.05) is 0 Å². The van der Waals surface area contributed by atoms with Crippen molar-refractivity contribution in [1.29, 1.82) is 0 Å². The molecule has 2 aromatic carbocycles. The average molecular weight is 273 g/mol. The summed E-state index contributed by atoms with van der Waals surface area (Å²) in [7, 11) is 0. The molecule has 2 unspecified atom stereocenters. The summed E-state index contributed by atoms with van der Waals surface area (Å²) in [5.74, 6) is 0.724. The number of aliphatic hydroxyl groups is 2. The standard InChI is InChI=1S/C16H19NO3/c17-15(10-18)16(19)13-6-8-14(9-7-13)20-11-12-4-2-1-3-5-12/h1-9,15-16,18-19H,10-11,17H2. The van der Waals surface area contributed by atoms with Crippen LogP contribution in [0.2, 0.25) is 0 Å². The summed E-state index contributed by atoms with van der Waals surface area (Å²) >= 11 is 0. The maximum Gasteiger partial charge on any atom is 0.119 e. The molecule has 0 heterocycles. The third-order valence-corrected chi connectivity index (χ3v) is 3.09. The van der Waals surface area contributed by atoms with Gasteiger partial charge in [0.2, 0.25) is 0 Å². The smallest absolute Gasteiger partial charge is 0.119 e. The molecule has 0 bridgehead atoms. The lowest BCUT2D eigenvalue weighted by Gasteiger charge is -2.17. The molecule has 4 heteroatoms. The van der Waals surface area contributed by atoms with E-state index in [9.17, 15) is 5.11 Å². The molecule has 0 saturated heterocycles. The van der Waals surface area contributed by atoms with Crippen molar-refractivity contribution in [1.82, 2.24) is 0 Å².